The summed E-state index contributed by atoms with van der Waals surface area (Å²) in [4.78, 5) is 12.2. The molecule has 4 heteroatoms. The summed E-state index contributed by atoms with van der Waals surface area (Å²) in [5.41, 5.74) is 4.06. The maximum absolute atomic E-state index is 12.2. The Hall–Kier alpha value is -3.14. The normalized spacial score (nSPS) is 11.0. The van der Waals surface area contributed by atoms with Crippen LogP contribution in [0.15, 0.2) is 71.8 Å². The van der Waals surface area contributed by atoms with Gasteiger partial charge in [0, 0.05) is 5.56 Å². The summed E-state index contributed by atoms with van der Waals surface area (Å²) in [5, 5.41) is 6.39. The molecule has 28 heavy (non-hydrogen) atoms. The van der Waals surface area contributed by atoms with Crippen LogP contribution in [0.1, 0.15) is 48.5 Å². The van der Waals surface area contributed by atoms with Crippen molar-refractivity contribution < 1.29 is 9.53 Å². The third kappa shape index (κ3) is 5.68. The zero-order chi connectivity index (χ0) is 19.6. The molecule has 3 aromatic rings. The van der Waals surface area contributed by atoms with Crippen molar-refractivity contribution in [2.75, 3.05) is 6.61 Å². The lowest BCUT2D eigenvalue weighted by molar-refractivity contribution is 0.0955. The van der Waals surface area contributed by atoms with Crippen molar-refractivity contribution in [2.24, 2.45) is 5.10 Å². The summed E-state index contributed by atoms with van der Waals surface area (Å²) in [5.74, 6) is 0.541. The molecule has 4 nitrogen and oxygen atoms in total. The summed E-state index contributed by atoms with van der Waals surface area (Å²) >= 11 is 0. The van der Waals surface area contributed by atoms with Crippen LogP contribution in [0.2, 0.25) is 0 Å². The molecule has 1 N–H and O–H groups in total. The number of hydrogen-bond acceptors (Lipinski definition) is 3. The molecule has 0 aliphatic rings. The van der Waals surface area contributed by atoms with Crippen molar-refractivity contribution in [2.45, 2.75) is 32.6 Å². The number of fused-ring (bicyclic) bond motifs is 1. The van der Waals surface area contributed by atoms with Crippen LogP contribution in [0.5, 0.6) is 5.75 Å². The van der Waals surface area contributed by atoms with Gasteiger partial charge in [-0.05, 0) is 53.1 Å². The Bertz CT molecular complexity index is 933. The number of ether oxygens (including phenoxy) is 1. The van der Waals surface area contributed by atoms with Gasteiger partial charge >= 0.3 is 0 Å². The quantitative estimate of drug-likeness (QED) is 0.303. The lowest BCUT2D eigenvalue weighted by Crippen LogP contribution is -2.17. The minimum atomic E-state index is -0.244. The number of benzene rings is 3. The maximum atomic E-state index is 12.2. The second-order valence-corrected chi connectivity index (χ2v) is 6.74. The molecule has 0 unspecified atom stereocenters. The molecular weight excluding hydrogens is 348 g/mol. The standard InChI is InChI=1S/C24H26N2O2/c1-2-3-4-7-16-28-23-14-12-21(13-15-23)24(27)26-25-18-19-10-11-20-8-5-6-9-22(20)17-19/h5-6,8-15,17-18H,2-4,7,16H2,1H3,(H,26,27). The second kappa shape index (κ2) is 10.3. The van der Waals surface area contributed by atoms with Crippen LogP contribution in [0.4, 0.5) is 0 Å². The van der Waals surface area contributed by atoms with Gasteiger partial charge in [0.15, 0.2) is 0 Å². The fourth-order valence-electron chi connectivity index (χ4n) is 2.94. The molecule has 0 spiro atoms. The fraction of sp³-hybridized carbons (Fsp3) is 0.250. The van der Waals surface area contributed by atoms with Gasteiger partial charge < -0.3 is 4.74 Å². The first-order valence-electron chi connectivity index (χ1n) is 9.81. The van der Waals surface area contributed by atoms with Crippen LogP contribution in [0.3, 0.4) is 0 Å². The van der Waals surface area contributed by atoms with Crippen LogP contribution >= 0.6 is 0 Å². The van der Waals surface area contributed by atoms with Crippen molar-refractivity contribution in [1.29, 1.82) is 0 Å². The van der Waals surface area contributed by atoms with E-state index < -0.39 is 0 Å². The molecule has 0 bridgehead atoms. The first-order chi connectivity index (χ1) is 13.8. The summed E-state index contributed by atoms with van der Waals surface area (Å²) in [6.45, 7) is 2.90. The van der Waals surface area contributed by atoms with E-state index in [0.717, 1.165) is 23.1 Å². The van der Waals surface area contributed by atoms with E-state index >= 15 is 0 Å². The number of amides is 1. The number of hydrogen-bond donors (Lipinski definition) is 1. The van der Waals surface area contributed by atoms with Gasteiger partial charge in [-0.1, -0.05) is 62.6 Å². The zero-order valence-corrected chi connectivity index (χ0v) is 16.2. The van der Waals surface area contributed by atoms with E-state index in [4.69, 9.17) is 4.74 Å². The molecule has 0 saturated heterocycles. The average Bonchev–Trinajstić information content (AvgIpc) is 2.74. The Morgan fingerprint density at radius 1 is 0.964 bits per heavy atom. The highest BCUT2D eigenvalue weighted by Gasteiger charge is 2.04. The minimum Gasteiger partial charge on any atom is -0.494 e. The van der Waals surface area contributed by atoms with Gasteiger partial charge in [-0.15, -0.1) is 0 Å². The highest BCUT2D eigenvalue weighted by atomic mass is 16.5. The number of carbonyl (C=O) groups excluding carboxylic acids is 1. The van der Waals surface area contributed by atoms with Gasteiger partial charge in [0.25, 0.3) is 5.91 Å². The van der Waals surface area contributed by atoms with Gasteiger partial charge in [-0.3, -0.25) is 4.79 Å². The molecule has 3 rings (SSSR count). The average molecular weight is 374 g/mol. The van der Waals surface area contributed by atoms with Crippen LogP contribution in [-0.4, -0.2) is 18.7 Å². The predicted molar refractivity (Wildman–Crippen MR) is 115 cm³/mol. The summed E-state index contributed by atoms with van der Waals surface area (Å²) in [6.07, 6.45) is 6.35. The van der Waals surface area contributed by atoms with Crippen molar-refractivity contribution in [3.05, 3.63) is 77.9 Å². The van der Waals surface area contributed by atoms with Crippen LogP contribution in [0, 0.1) is 0 Å². The smallest absolute Gasteiger partial charge is 0.271 e. The molecule has 0 heterocycles. The molecule has 0 radical (unpaired) electrons. The van der Waals surface area contributed by atoms with Crippen molar-refractivity contribution >= 4 is 22.9 Å². The lowest BCUT2D eigenvalue weighted by Gasteiger charge is -2.06. The molecular formula is C24H26N2O2. The highest BCUT2D eigenvalue weighted by molar-refractivity contribution is 5.95. The Balaban J connectivity index is 1.50. The lowest BCUT2D eigenvalue weighted by atomic mass is 10.1. The fourth-order valence-corrected chi connectivity index (χ4v) is 2.94. The van der Waals surface area contributed by atoms with E-state index in [2.05, 4.69) is 29.6 Å². The van der Waals surface area contributed by atoms with E-state index in [1.165, 1.54) is 24.6 Å². The number of carbonyl (C=O) groups is 1. The molecule has 0 aliphatic carbocycles. The van der Waals surface area contributed by atoms with E-state index in [-0.39, 0.29) is 5.91 Å². The third-order valence-electron chi connectivity index (χ3n) is 4.54. The number of hydrazone groups is 1. The highest BCUT2D eigenvalue weighted by Crippen LogP contribution is 2.15. The Kier molecular flexibility index (Phi) is 7.19. The van der Waals surface area contributed by atoms with Crippen LogP contribution in [0.25, 0.3) is 10.8 Å². The first-order valence-corrected chi connectivity index (χ1v) is 9.81. The summed E-state index contributed by atoms with van der Waals surface area (Å²) in [7, 11) is 0. The van der Waals surface area contributed by atoms with Crippen LogP contribution < -0.4 is 10.2 Å². The van der Waals surface area contributed by atoms with Crippen LogP contribution in [-0.2, 0) is 0 Å². The van der Waals surface area contributed by atoms with E-state index in [0.29, 0.717) is 12.2 Å². The zero-order valence-electron chi connectivity index (χ0n) is 16.2. The molecule has 0 aromatic heterocycles. The van der Waals surface area contributed by atoms with Crippen molar-refractivity contribution in [3.8, 4) is 5.75 Å². The maximum Gasteiger partial charge on any atom is 0.271 e. The second-order valence-electron chi connectivity index (χ2n) is 6.74. The Morgan fingerprint density at radius 2 is 1.75 bits per heavy atom. The Labute approximate surface area is 166 Å². The van der Waals surface area contributed by atoms with Crippen molar-refractivity contribution in [3.63, 3.8) is 0 Å². The van der Waals surface area contributed by atoms with Gasteiger partial charge in [-0.25, -0.2) is 5.43 Å². The predicted octanol–water partition coefficient (Wildman–Crippen LogP) is 5.56. The molecule has 0 aliphatic heterocycles. The van der Waals surface area contributed by atoms with E-state index in [9.17, 15) is 4.79 Å². The monoisotopic (exact) mass is 374 g/mol. The number of rotatable bonds is 9. The topological polar surface area (TPSA) is 50.7 Å². The SMILES string of the molecule is CCCCCCOc1ccc(C(=O)NN=Cc2ccc3ccccc3c2)cc1. The van der Waals surface area contributed by atoms with Gasteiger partial charge in [0.1, 0.15) is 5.75 Å². The molecule has 144 valence electrons. The summed E-state index contributed by atoms with van der Waals surface area (Å²) < 4.78 is 5.70. The molecule has 0 saturated carbocycles. The largest absolute Gasteiger partial charge is 0.494 e. The third-order valence-corrected chi connectivity index (χ3v) is 4.54. The molecule has 0 atom stereocenters. The van der Waals surface area contributed by atoms with E-state index in [1.807, 2.05) is 42.5 Å². The molecule has 1 amide bonds. The number of nitrogens with zero attached hydrogens (tertiary/aromatic N) is 1. The number of unbranched alkanes of at least 4 members (excludes halogenated alkanes) is 3. The Morgan fingerprint density at radius 3 is 2.54 bits per heavy atom. The first kappa shape index (κ1) is 19.6. The summed E-state index contributed by atoms with van der Waals surface area (Å²) in [6, 6.07) is 21.3. The van der Waals surface area contributed by atoms with Gasteiger partial charge in [0.05, 0.1) is 12.8 Å². The molecule has 0 fully saturated rings. The van der Waals surface area contributed by atoms with E-state index in [1.54, 1.807) is 18.3 Å². The van der Waals surface area contributed by atoms with Gasteiger partial charge in [-0.2, -0.15) is 5.10 Å². The van der Waals surface area contributed by atoms with Gasteiger partial charge in [0.2, 0.25) is 0 Å². The number of nitrogens with one attached hydrogen (secondary N) is 1. The molecule has 3 aromatic carbocycles. The van der Waals surface area contributed by atoms with Crippen molar-refractivity contribution in [1.82, 2.24) is 5.43 Å². The minimum absolute atomic E-state index is 0.244.